The number of anilines is 1. The number of para-hydroxylation sites is 1. The van der Waals surface area contributed by atoms with Gasteiger partial charge in [-0.05, 0) is 12.1 Å². The number of ketones is 1. The van der Waals surface area contributed by atoms with Gasteiger partial charge in [-0.2, -0.15) is 0 Å². The summed E-state index contributed by atoms with van der Waals surface area (Å²) in [7, 11) is 3.01. The topological polar surface area (TPSA) is 76.1 Å². The summed E-state index contributed by atoms with van der Waals surface area (Å²) in [5.74, 6) is 0.213. The van der Waals surface area contributed by atoms with E-state index in [0.717, 1.165) is 0 Å². The molecule has 1 amide bonds. The van der Waals surface area contributed by atoms with Gasteiger partial charge in [0.15, 0.2) is 5.78 Å². The summed E-state index contributed by atoms with van der Waals surface area (Å²) in [6.45, 7) is 1.16. The third-order valence-corrected chi connectivity index (χ3v) is 3.53. The summed E-state index contributed by atoms with van der Waals surface area (Å²) in [5.41, 5.74) is 0.640. The second kappa shape index (κ2) is 7.50. The van der Waals surface area contributed by atoms with E-state index in [9.17, 15) is 14.7 Å². The normalized spacial score (nSPS) is 10.1. The van der Waals surface area contributed by atoms with Crippen molar-refractivity contribution < 1.29 is 24.2 Å². The van der Waals surface area contributed by atoms with Gasteiger partial charge in [-0.3, -0.25) is 9.59 Å². The Balaban J connectivity index is 2.35. The molecule has 0 aliphatic heterocycles. The Hall–Kier alpha value is -3.02. The van der Waals surface area contributed by atoms with Crippen LogP contribution in [0.15, 0.2) is 42.5 Å². The molecule has 2 aromatic rings. The second-order valence-corrected chi connectivity index (χ2v) is 5.12. The van der Waals surface area contributed by atoms with Crippen LogP contribution in [0.2, 0.25) is 0 Å². The van der Waals surface area contributed by atoms with Crippen molar-refractivity contribution in [1.82, 2.24) is 0 Å². The average Bonchev–Trinajstić information content (AvgIpc) is 2.58. The van der Waals surface area contributed by atoms with Crippen molar-refractivity contribution in [2.75, 3.05) is 25.7 Å². The smallest absolute Gasteiger partial charge is 0.224 e. The molecule has 0 aliphatic carbocycles. The predicted octanol–water partition coefficient (Wildman–Crippen LogP) is 2.65. The van der Waals surface area contributed by atoms with Crippen molar-refractivity contribution in [2.24, 2.45) is 0 Å². The molecule has 0 unspecified atom stereocenters. The molecule has 0 heterocycles. The van der Waals surface area contributed by atoms with E-state index in [4.69, 9.17) is 9.47 Å². The van der Waals surface area contributed by atoms with Crippen molar-refractivity contribution in [3.63, 3.8) is 0 Å². The molecule has 0 spiro atoms. The van der Waals surface area contributed by atoms with Gasteiger partial charge < -0.3 is 19.5 Å². The van der Waals surface area contributed by atoms with Crippen molar-refractivity contribution in [1.29, 1.82) is 0 Å². The largest absolute Gasteiger partial charge is 0.507 e. The number of Topliss-reactive ketones (excluding diaryl/α,β-unsaturated/α-hetero) is 1. The average molecular weight is 329 g/mol. The van der Waals surface area contributed by atoms with Crippen LogP contribution in [0.1, 0.15) is 17.3 Å². The Morgan fingerprint density at radius 2 is 1.62 bits per heavy atom. The fourth-order valence-corrected chi connectivity index (χ4v) is 2.27. The Morgan fingerprint density at radius 1 is 1.04 bits per heavy atom. The fraction of sp³-hybridized carbons (Fsp3) is 0.222. The number of benzene rings is 2. The summed E-state index contributed by atoms with van der Waals surface area (Å²) in [6, 6.07) is 11.2. The molecule has 0 aliphatic rings. The molecule has 6 nitrogen and oxygen atoms in total. The SMILES string of the molecule is COc1cc(OC)cc(N(CC(=O)c2ccccc2O)C(C)=O)c1. The number of carbonyl (C=O) groups excluding carboxylic acids is 2. The number of rotatable bonds is 6. The third-order valence-electron chi connectivity index (χ3n) is 3.53. The van der Waals surface area contributed by atoms with Crippen LogP contribution in [-0.2, 0) is 4.79 Å². The standard InChI is InChI=1S/C18H19NO5/c1-12(20)19(11-18(22)16-6-4-5-7-17(16)21)13-8-14(23-2)10-15(9-13)24-3/h4-10,21H,11H2,1-3H3. The monoisotopic (exact) mass is 329 g/mol. The lowest BCUT2D eigenvalue weighted by atomic mass is 10.1. The van der Waals surface area contributed by atoms with E-state index in [0.29, 0.717) is 17.2 Å². The molecule has 24 heavy (non-hydrogen) atoms. The maximum absolute atomic E-state index is 12.4. The molecule has 0 radical (unpaired) electrons. The van der Waals surface area contributed by atoms with E-state index in [-0.39, 0.29) is 29.5 Å². The first-order valence-corrected chi connectivity index (χ1v) is 7.28. The molecular weight excluding hydrogens is 310 g/mol. The van der Waals surface area contributed by atoms with Crippen LogP contribution in [0.4, 0.5) is 5.69 Å². The molecule has 2 rings (SSSR count). The van der Waals surface area contributed by atoms with Gasteiger partial charge in [-0.1, -0.05) is 12.1 Å². The molecule has 0 bridgehead atoms. The van der Waals surface area contributed by atoms with Crippen molar-refractivity contribution in [3.05, 3.63) is 48.0 Å². The number of phenols is 1. The molecule has 0 atom stereocenters. The number of phenolic OH excluding ortho intramolecular Hbond substituents is 1. The van der Waals surface area contributed by atoms with Gasteiger partial charge in [0.25, 0.3) is 0 Å². The number of aromatic hydroxyl groups is 1. The minimum atomic E-state index is -0.370. The van der Waals surface area contributed by atoms with Gasteiger partial charge >= 0.3 is 0 Å². The predicted molar refractivity (Wildman–Crippen MR) is 90.0 cm³/mol. The summed E-state index contributed by atoms with van der Waals surface area (Å²) < 4.78 is 10.4. The number of hydrogen-bond acceptors (Lipinski definition) is 5. The van der Waals surface area contributed by atoms with Crippen LogP contribution in [0, 0.1) is 0 Å². The number of carbonyl (C=O) groups is 2. The zero-order chi connectivity index (χ0) is 17.7. The maximum Gasteiger partial charge on any atom is 0.224 e. The van der Waals surface area contributed by atoms with Gasteiger partial charge in [0.05, 0.1) is 32.0 Å². The van der Waals surface area contributed by atoms with E-state index in [1.54, 1.807) is 30.3 Å². The highest BCUT2D eigenvalue weighted by Crippen LogP contribution is 2.29. The molecule has 0 saturated carbocycles. The molecule has 1 N–H and O–H groups in total. The summed E-state index contributed by atoms with van der Waals surface area (Å²) in [5, 5.41) is 9.80. The van der Waals surface area contributed by atoms with Crippen LogP contribution in [-0.4, -0.2) is 37.6 Å². The fourth-order valence-electron chi connectivity index (χ4n) is 2.27. The number of amides is 1. The lowest BCUT2D eigenvalue weighted by Gasteiger charge is -2.22. The lowest BCUT2D eigenvalue weighted by molar-refractivity contribution is -0.116. The van der Waals surface area contributed by atoms with Gasteiger partial charge in [0, 0.05) is 25.1 Å². The van der Waals surface area contributed by atoms with E-state index < -0.39 is 0 Å². The van der Waals surface area contributed by atoms with Crippen LogP contribution >= 0.6 is 0 Å². The van der Waals surface area contributed by atoms with Crippen LogP contribution in [0.3, 0.4) is 0 Å². The Morgan fingerprint density at radius 3 is 2.12 bits per heavy atom. The minimum Gasteiger partial charge on any atom is -0.507 e. The highest BCUT2D eigenvalue weighted by atomic mass is 16.5. The first-order valence-electron chi connectivity index (χ1n) is 7.28. The van der Waals surface area contributed by atoms with E-state index in [1.807, 2.05) is 0 Å². The van der Waals surface area contributed by atoms with Gasteiger partial charge in [-0.25, -0.2) is 0 Å². The lowest BCUT2D eigenvalue weighted by Crippen LogP contribution is -2.34. The number of hydrogen-bond donors (Lipinski definition) is 1. The first kappa shape index (κ1) is 17.3. The number of methoxy groups -OCH3 is 2. The minimum absolute atomic E-state index is 0.116. The summed E-state index contributed by atoms with van der Waals surface area (Å²) >= 11 is 0. The van der Waals surface area contributed by atoms with Gasteiger partial charge in [0.1, 0.15) is 17.2 Å². The quantitative estimate of drug-likeness (QED) is 0.825. The van der Waals surface area contributed by atoms with E-state index in [1.165, 1.54) is 38.2 Å². The Labute approximate surface area is 140 Å². The van der Waals surface area contributed by atoms with E-state index in [2.05, 4.69) is 0 Å². The highest BCUT2D eigenvalue weighted by molar-refractivity contribution is 6.06. The third kappa shape index (κ3) is 3.84. The van der Waals surface area contributed by atoms with Crippen LogP contribution < -0.4 is 14.4 Å². The van der Waals surface area contributed by atoms with Crippen LogP contribution in [0.25, 0.3) is 0 Å². The summed E-state index contributed by atoms with van der Waals surface area (Å²) in [4.78, 5) is 25.8. The van der Waals surface area contributed by atoms with Crippen molar-refractivity contribution in [2.45, 2.75) is 6.92 Å². The first-order chi connectivity index (χ1) is 11.5. The highest BCUT2D eigenvalue weighted by Gasteiger charge is 2.20. The zero-order valence-electron chi connectivity index (χ0n) is 13.8. The Kier molecular flexibility index (Phi) is 5.42. The second-order valence-electron chi connectivity index (χ2n) is 5.12. The summed E-state index contributed by atoms with van der Waals surface area (Å²) in [6.07, 6.45) is 0. The van der Waals surface area contributed by atoms with Gasteiger partial charge in [-0.15, -0.1) is 0 Å². The molecule has 0 fully saturated rings. The molecule has 2 aromatic carbocycles. The van der Waals surface area contributed by atoms with Crippen molar-refractivity contribution >= 4 is 17.4 Å². The van der Waals surface area contributed by atoms with E-state index >= 15 is 0 Å². The number of ether oxygens (including phenoxy) is 2. The Bertz CT molecular complexity index is 735. The molecular formula is C18H19NO5. The van der Waals surface area contributed by atoms with Gasteiger partial charge in [0.2, 0.25) is 5.91 Å². The zero-order valence-corrected chi connectivity index (χ0v) is 13.8. The molecule has 0 saturated heterocycles. The molecule has 0 aromatic heterocycles. The molecule has 6 heteroatoms. The number of nitrogens with zero attached hydrogens (tertiary/aromatic N) is 1. The maximum atomic E-state index is 12.4. The molecule has 126 valence electrons. The van der Waals surface area contributed by atoms with Crippen molar-refractivity contribution in [3.8, 4) is 17.2 Å². The van der Waals surface area contributed by atoms with Crippen LogP contribution in [0.5, 0.6) is 17.2 Å².